The van der Waals surface area contributed by atoms with Gasteiger partial charge in [0.2, 0.25) is 10.0 Å². The number of morpholine rings is 1. The number of hydrogen-bond donors (Lipinski definition) is 1. The maximum Gasteiger partial charge on any atom is 0.244 e. The van der Waals surface area contributed by atoms with Gasteiger partial charge in [-0.3, -0.25) is 4.90 Å². The molecule has 1 fully saturated rings. The third-order valence-corrected chi connectivity index (χ3v) is 5.19. The minimum Gasteiger partial charge on any atom is -0.497 e. The molecule has 0 amide bonds. The van der Waals surface area contributed by atoms with E-state index < -0.39 is 10.0 Å². The second kappa shape index (κ2) is 10.0. The summed E-state index contributed by atoms with van der Waals surface area (Å²) in [5, 5.41) is 0. The highest BCUT2D eigenvalue weighted by Crippen LogP contribution is 2.27. The van der Waals surface area contributed by atoms with Gasteiger partial charge >= 0.3 is 0 Å². The quantitative estimate of drug-likeness (QED) is 0.681. The molecule has 1 heterocycles. The Morgan fingerprint density at radius 2 is 1.92 bits per heavy atom. The highest BCUT2D eigenvalue weighted by molar-refractivity contribution is 7.89. The lowest BCUT2D eigenvalue weighted by Gasteiger charge is -2.26. The summed E-state index contributed by atoms with van der Waals surface area (Å²) in [6, 6.07) is 4.71. The molecule has 9 heteroatoms. The third-order valence-electron chi connectivity index (χ3n) is 3.71. The van der Waals surface area contributed by atoms with Crippen molar-refractivity contribution in [2.75, 3.05) is 53.6 Å². The fourth-order valence-electron chi connectivity index (χ4n) is 2.41. The van der Waals surface area contributed by atoms with Gasteiger partial charge in [0, 0.05) is 25.7 Å². The molecule has 0 spiro atoms. The first-order chi connectivity index (χ1) is 11.1. The molecule has 1 aliphatic heterocycles. The van der Waals surface area contributed by atoms with Crippen molar-refractivity contribution < 1.29 is 22.6 Å². The third kappa shape index (κ3) is 5.78. The van der Waals surface area contributed by atoms with E-state index in [9.17, 15) is 8.42 Å². The normalized spacial score (nSPS) is 15.6. The molecular formula is C15H25ClN2O5S. The lowest BCUT2D eigenvalue weighted by Crippen LogP contribution is -2.38. The molecule has 1 saturated heterocycles. The van der Waals surface area contributed by atoms with Crippen molar-refractivity contribution >= 4 is 22.4 Å². The molecular weight excluding hydrogens is 356 g/mol. The Morgan fingerprint density at radius 3 is 2.54 bits per heavy atom. The Labute approximate surface area is 149 Å². The van der Waals surface area contributed by atoms with Crippen LogP contribution >= 0.6 is 12.4 Å². The Morgan fingerprint density at radius 1 is 1.21 bits per heavy atom. The zero-order valence-electron chi connectivity index (χ0n) is 14.0. The van der Waals surface area contributed by atoms with Crippen molar-refractivity contribution in [2.45, 2.75) is 11.3 Å². The topological polar surface area (TPSA) is 77.1 Å². The number of halogens is 1. The fraction of sp³-hybridized carbons (Fsp3) is 0.600. The van der Waals surface area contributed by atoms with E-state index in [-0.39, 0.29) is 17.3 Å². The van der Waals surface area contributed by atoms with Crippen LogP contribution < -0.4 is 14.2 Å². The van der Waals surface area contributed by atoms with Crippen LogP contribution in [0.4, 0.5) is 0 Å². The van der Waals surface area contributed by atoms with Gasteiger partial charge in [-0.2, -0.15) is 0 Å². The van der Waals surface area contributed by atoms with Gasteiger partial charge in [0.1, 0.15) is 16.4 Å². The lowest BCUT2D eigenvalue weighted by atomic mass is 10.3. The predicted octanol–water partition coefficient (Wildman–Crippen LogP) is 1.13. The number of benzene rings is 1. The van der Waals surface area contributed by atoms with Crippen molar-refractivity contribution in [3.8, 4) is 11.5 Å². The van der Waals surface area contributed by atoms with Gasteiger partial charge in [-0.25, -0.2) is 13.1 Å². The molecule has 1 aliphatic rings. The summed E-state index contributed by atoms with van der Waals surface area (Å²) in [4.78, 5) is 2.36. The smallest absolute Gasteiger partial charge is 0.244 e. The summed E-state index contributed by atoms with van der Waals surface area (Å²) in [5.74, 6) is 0.769. The highest BCUT2D eigenvalue weighted by atomic mass is 35.5. The molecule has 1 aromatic carbocycles. The second-order valence-corrected chi connectivity index (χ2v) is 6.96. The number of ether oxygens (including phenoxy) is 3. The number of hydrogen-bond acceptors (Lipinski definition) is 6. The van der Waals surface area contributed by atoms with Gasteiger partial charge in [0.15, 0.2) is 0 Å². The van der Waals surface area contributed by atoms with Crippen LogP contribution in [0.25, 0.3) is 0 Å². The molecule has 138 valence electrons. The molecule has 0 aromatic heterocycles. The molecule has 0 unspecified atom stereocenters. The van der Waals surface area contributed by atoms with Crippen LogP contribution in [0.5, 0.6) is 11.5 Å². The monoisotopic (exact) mass is 380 g/mol. The largest absolute Gasteiger partial charge is 0.497 e. The number of rotatable bonds is 8. The summed E-state index contributed by atoms with van der Waals surface area (Å²) in [6.07, 6.45) is 0.742. The number of nitrogens with zero attached hydrogens (tertiary/aromatic N) is 1. The van der Waals surface area contributed by atoms with Crippen molar-refractivity contribution in [1.29, 1.82) is 0 Å². The summed E-state index contributed by atoms with van der Waals surface area (Å²) < 4.78 is 43.0. The maximum absolute atomic E-state index is 12.5. The molecule has 0 atom stereocenters. The van der Waals surface area contributed by atoms with Crippen LogP contribution in [0.2, 0.25) is 0 Å². The average Bonchev–Trinajstić information content (AvgIpc) is 2.59. The first-order valence-corrected chi connectivity index (χ1v) is 9.07. The minimum atomic E-state index is -3.64. The number of sulfonamides is 1. The van der Waals surface area contributed by atoms with E-state index in [4.69, 9.17) is 14.2 Å². The van der Waals surface area contributed by atoms with E-state index in [1.165, 1.54) is 20.3 Å². The van der Waals surface area contributed by atoms with E-state index in [1.54, 1.807) is 12.1 Å². The summed E-state index contributed by atoms with van der Waals surface area (Å²) >= 11 is 0. The van der Waals surface area contributed by atoms with Gasteiger partial charge in [-0.1, -0.05) is 0 Å². The molecule has 0 aliphatic carbocycles. The molecule has 1 N–H and O–H groups in total. The molecule has 2 rings (SSSR count). The molecule has 1 aromatic rings. The molecule has 0 saturated carbocycles. The summed E-state index contributed by atoms with van der Waals surface area (Å²) in [6.45, 7) is 4.51. The lowest BCUT2D eigenvalue weighted by molar-refractivity contribution is 0.0376. The molecule has 24 heavy (non-hydrogen) atoms. The Bertz CT molecular complexity index is 606. The molecule has 0 bridgehead atoms. The van der Waals surface area contributed by atoms with E-state index in [0.717, 1.165) is 39.3 Å². The van der Waals surface area contributed by atoms with Gasteiger partial charge < -0.3 is 14.2 Å². The van der Waals surface area contributed by atoms with E-state index in [2.05, 4.69) is 9.62 Å². The molecule has 7 nitrogen and oxygen atoms in total. The van der Waals surface area contributed by atoms with Crippen LogP contribution in [0.15, 0.2) is 23.1 Å². The molecule has 0 radical (unpaired) electrons. The second-order valence-electron chi connectivity index (χ2n) is 5.22. The Balaban J connectivity index is 0.00000288. The van der Waals surface area contributed by atoms with Crippen LogP contribution in [0.1, 0.15) is 6.42 Å². The van der Waals surface area contributed by atoms with Crippen molar-refractivity contribution in [3.05, 3.63) is 18.2 Å². The van der Waals surface area contributed by atoms with Gasteiger partial charge in [-0.15, -0.1) is 12.4 Å². The zero-order valence-corrected chi connectivity index (χ0v) is 15.6. The van der Waals surface area contributed by atoms with Crippen molar-refractivity contribution in [1.82, 2.24) is 9.62 Å². The van der Waals surface area contributed by atoms with Crippen LogP contribution in [0, 0.1) is 0 Å². The predicted molar refractivity (Wildman–Crippen MR) is 93.9 cm³/mol. The first kappa shape index (κ1) is 21.0. The highest BCUT2D eigenvalue weighted by Gasteiger charge is 2.20. The minimum absolute atomic E-state index is 0. The van der Waals surface area contributed by atoms with Gasteiger partial charge in [0.05, 0.1) is 27.4 Å². The standard InChI is InChI=1S/C15H24N2O5S.ClH/c1-20-13-4-5-14(21-2)15(12-13)23(18,19)16-6-3-7-17-8-10-22-11-9-17;/h4-5,12,16H,3,6-11H2,1-2H3;1H. The summed E-state index contributed by atoms with van der Waals surface area (Å²) in [7, 11) is -0.699. The van der Waals surface area contributed by atoms with Crippen LogP contribution in [0.3, 0.4) is 0 Å². The van der Waals surface area contributed by atoms with Crippen molar-refractivity contribution in [3.63, 3.8) is 0 Å². The van der Waals surface area contributed by atoms with Crippen molar-refractivity contribution in [2.24, 2.45) is 0 Å². The Kier molecular flexibility index (Phi) is 8.79. The number of nitrogens with one attached hydrogen (secondary N) is 1. The SMILES string of the molecule is COc1ccc(OC)c(S(=O)(=O)NCCCN2CCOCC2)c1.Cl. The van der Waals surface area contributed by atoms with Crippen LogP contribution in [-0.4, -0.2) is 66.9 Å². The van der Waals surface area contributed by atoms with Gasteiger partial charge in [-0.05, 0) is 25.1 Å². The van der Waals surface area contributed by atoms with Gasteiger partial charge in [0.25, 0.3) is 0 Å². The Hall–Kier alpha value is -1.06. The fourth-order valence-corrected chi connectivity index (χ4v) is 3.66. The average molecular weight is 381 g/mol. The van der Waals surface area contributed by atoms with E-state index in [0.29, 0.717) is 18.0 Å². The first-order valence-electron chi connectivity index (χ1n) is 7.58. The van der Waals surface area contributed by atoms with E-state index in [1.807, 2.05) is 0 Å². The number of methoxy groups -OCH3 is 2. The maximum atomic E-state index is 12.5. The van der Waals surface area contributed by atoms with E-state index >= 15 is 0 Å². The summed E-state index contributed by atoms with van der Waals surface area (Å²) in [5.41, 5.74) is 0. The van der Waals surface area contributed by atoms with Crippen LogP contribution in [-0.2, 0) is 14.8 Å². The zero-order chi connectivity index (χ0) is 16.7.